The second-order valence-electron chi connectivity index (χ2n) is 4.38. The first-order valence-electron chi connectivity index (χ1n) is 4.44. The third-order valence-corrected chi connectivity index (χ3v) is 2.62. The van der Waals surface area contributed by atoms with E-state index in [1.807, 2.05) is 13.8 Å². The predicted molar refractivity (Wildman–Crippen MR) is 48.7 cm³/mol. The van der Waals surface area contributed by atoms with E-state index in [1.54, 1.807) is 6.92 Å². The lowest BCUT2D eigenvalue weighted by molar-refractivity contribution is -0.128. The van der Waals surface area contributed by atoms with Crippen LogP contribution in [-0.2, 0) is 9.59 Å². The average Bonchev–Trinajstić information content (AvgIpc) is 2.59. The van der Waals surface area contributed by atoms with Gasteiger partial charge >= 0.3 is 0 Å². The van der Waals surface area contributed by atoms with Crippen LogP contribution < -0.4 is 11.1 Å². The van der Waals surface area contributed by atoms with E-state index in [4.69, 9.17) is 5.73 Å². The van der Waals surface area contributed by atoms with Crippen LogP contribution in [0.3, 0.4) is 0 Å². The zero-order valence-electron chi connectivity index (χ0n) is 8.26. The number of nitrogens with two attached hydrogens (primary N) is 1. The molecule has 0 aliphatic heterocycles. The minimum absolute atomic E-state index is 0.0503. The smallest absolute Gasteiger partial charge is 0.239 e. The van der Waals surface area contributed by atoms with Crippen LogP contribution in [0.2, 0.25) is 0 Å². The number of carbonyl (C=O) groups is 2. The fourth-order valence-electron chi connectivity index (χ4n) is 1.30. The van der Waals surface area contributed by atoms with Gasteiger partial charge in [-0.25, -0.2) is 0 Å². The van der Waals surface area contributed by atoms with Crippen molar-refractivity contribution in [3.05, 3.63) is 0 Å². The Morgan fingerprint density at radius 1 is 1.54 bits per heavy atom. The van der Waals surface area contributed by atoms with Crippen LogP contribution in [0.4, 0.5) is 0 Å². The van der Waals surface area contributed by atoms with E-state index in [0.717, 1.165) is 6.42 Å². The van der Waals surface area contributed by atoms with Gasteiger partial charge in [-0.2, -0.15) is 0 Å². The maximum atomic E-state index is 11.4. The summed E-state index contributed by atoms with van der Waals surface area (Å²) in [6.07, 6.45) is 0.893. The Labute approximate surface area is 77.9 Å². The van der Waals surface area contributed by atoms with Crippen LogP contribution in [0.1, 0.15) is 27.2 Å². The molecule has 1 fully saturated rings. The van der Waals surface area contributed by atoms with Crippen LogP contribution in [0.5, 0.6) is 0 Å². The molecule has 1 rings (SSSR count). The van der Waals surface area contributed by atoms with Crippen molar-refractivity contribution in [2.45, 2.75) is 33.2 Å². The molecule has 0 radical (unpaired) electrons. The van der Waals surface area contributed by atoms with Crippen molar-refractivity contribution in [3.63, 3.8) is 0 Å². The van der Waals surface area contributed by atoms with E-state index < -0.39 is 11.9 Å². The predicted octanol–water partition coefficient (Wildman–Crippen LogP) is 0.0225. The molecule has 0 aromatic heterocycles. The molecule has 0 aromatic carbocycles. The molecular formula is C9H16N2O2. The Hall–Kier alpha value is -1.06. The molecule has 4 nitrogen and oxygen atoms in total. The molecule has 1 saturated carbocycles. The molecule has 2 atom stereocenters. The normalized spacial score (nSPS) is 26.2. The minimum atomic E-state index is -0.566. The third-order valence-electron chi connectivity index (χ3n) is 2.62. The molecule has 0 spiro atoms. The summed E-state index contributed by atoms with van der Waals surface area (Å²) in [5, 5.41) is 2.58. The van der Waals surface area contributed by atoms with Gasteiger partial charge in [0.25, 0.3) is 0 Å². The van der Waals surface area contributed by atoms with Crippen molar-refractivity contribution >= 4 is 11.8 Å². The van der Waals surface area contributed by atoms with E-state index in [9.17, 15) is 9.59 Å². The van der Waals surface area contributed by atoms with Gasteiger partial charge in [0.15, 0.2) is 0 Å². The van der Waals surface area contributed by atoms with Gasteiger partial charge in [-0.15, -0.1) is 0 Å². The molecule has 0 heterocycles. The van der Waals surface area contributed by atoms with Gasteiger partial charge in [0.2, 0.25) is 11.8 Å². The first kappa shape index (κ1) is 10.0. The van der Waals surface area contributed by atoms with Gasteiger partial charge in [0.05, 0.1) is 0 Å². The molecule has 0 saturated heterocycles. The fraction of sp³-hybridized carbons (Fsp3) is 0.778. The van der Waals surface area contributed by atoms with Crippen LogP contribution in [0.25, 0.3) is 0 Å². The molecule has 0 bridgehead atoms. The number of carbonyl (C=O) groups excluding carboxylic acids is 2. The van der Waals surface area contributed by atoms with E-state index in [0.29, 0.717) is 0 Å². The summed E-state index contributed by atoms with van der Waals surface area (Å²) in [6, 6.07) is -0.566. The highest BCUT2D eigenvalue weighted by Crippen LogP contribution is 2.51. The standard InChI is InChI=1S/C9H16N2O2/c1-5(7(10)12)11-8(13)6-4-9(6,2)3/h5-6H,4H2,1-3H3,(H2,10,12)(H,11,13)/t5-,6?/m0/s1. The number of hydrogen-bond acceptors (Lipinski definition) is 2. The molecule has 1 unspecified atom stereocenters. The first-order valence-corrected chi connectivity index (χ1v) is 4.44. The van der Waals surface area contributed by atoms with Gasteiger partial charge in [-0.05, 0) is 18.8 Å². The highest BCUT2D eigenvalue weighted by Gasteiger charge is 2.50. The van der Waals surface area contributed by atoms with Crippen LogP contribution in [-0.4, -0.2) is 17.9 Å². The maximum absolute atomic E-state index is 11.4. The Morgan fingerprint density at radius 3 is 2.31 bits per heavy atom. The summed E-state index contributed by atoms with van der Waals surface area (Å²) >= 11 is 0. The van der Waals surface area contributed by atoms with Gasteiger partial charge in [0.1, 0.15) is 6.04 Å². The zero-order valence-corrected chi connectivity index (χ0v) is 8.26. The molecule has 3 N–H and O–H groups in total. The monoisotopic (exact) mass is 184 g/mol. The topological polar surface area (TPSA) is 72.2 Å². The largest absolute Gasteiger partial charge is 0.368 e. The van der Waals surface area contributed by atoms with Crippen molar-refractivity contribution in [1.29, 1.82) is 0 Å². The molecular weight excluding hydrogens is 168 g/mol. The molecule has 0 aromatic rings. The van der Waals surface area contributed by atoms with Crippen LogP contribution >= 0.6 is 0 Å². The molecule has 1 aliphatic rings. The summed E-state index contributed by atoms with van der Waals surface area (Å²) in [6.45, 7) is 5.66. The molecule has 74 valence electrons. The quantitative estimate of drug-likeness (QED) is 0.649. The van der Waals surface area contributed by atoms with E-state index in [1.165, 1.54) is 0 Å². The first-order chi connectivity index (χ1) is 5.84. The van der Waals surface area contributed by atoms with Crippen molar-refractivity contribution < 1.29 is 9.59 Å². The summed E-state index contributed by atoms with van der Waals surface area (Å²) in [4.78, 5) is 22.1. The fourth-order valence-corrected chi connectivity index (χ4v) is 1.30. The van der Waals surface area contributed by atoms with Crippen molar-refractivity contribution in [2.75, 3.05) is 0 Å². The van der Waals surface area contributed by atoms with Gasteiger partial charge in [0, 0.05) is 5.92 Å². The number of rotatable bonds is 3. The summed E-state index contributed by atoms with van der Waals surface area (Å²) in [7, 11) is 0. The third kappa shape index (κ3) is 2.20. The van der Waals surface area contributed by atoms with Crippen LogP contribution in [0.15, 0.2) is 0 Å². The van der Waals surface area contributed by atoms with E-state index in [-0.39, 0.29) is 17.2 Å². The van der Waals surface area contributed by atoms with E-state index in [2.05, 4.69) is 5.32 Å². The SMILES string of the molecule is C[C@H](NC(=O)C1CC1(C)C)C(N)=O. The Morgan fingerprint density at radius 2 is 2.00 bits per heavy atom. The number of primary amides is 1. The summed E-state index contributed by atoms with van der Waals surface area (Å²) in [5.41, 5.74) is 5.12. The second-order valence-corrected chi connectivity index (χ2v) is 4.38. The second kappa shape index (κ2) is 3.01. The van der Waals surface area contributed by atoms with Gasteiger partial charge in [-0.3, -0.25) is 9.59 Å². The average molecular weight is 184 g/mol. The Kier molecular flexibility index (Phi) is 2.32. The number of hydrogen-bond donors (Lipinski definition) is 2. The summed E-state index contributed by atoms with van der Waals surface area (Å²) < 4.78 is 0. The Bertz CT molecular complexity index is 248. The molecule has 13 heavy (non-hydrogen) atoms. The van der Waals surface area contributed by atoms with Crippen molar-refractivity contribution in [3.8, 4) is 0 Å². The number of nitrogens with one attached hydrogen (secondary N) is 1. The minimum Gasteiger partial charge on any atom is -0.368 e. The van der Waals surface area contributed by atoms with Crippen molar-refractivity contribution in [1.82, 2.24) is 5.32 Å². The summed E-state index contributed by atoms with van der Waals surface area (Å²) in [5.74, 6) is -0.502. The highest BCUT2D eigenvalue weighted by molar-refractivity contribution is 5.88. The van der Waals surface area contributed by atoms with Gasteiger partial charge < -0.3 is 11.1 Å². The van der Waals surface area contributed by atoms with E-state index >= 15 is 0 Å². The van der Waals surface area contributed by atoms with Crippen molar-refractivity contribution in [2.24, 2.45) is 17.1 Å². The molecule has 2 amide bonds. The molecule has 4 heteroatoms. The van der Waals surface area contributed by atoms with Gasteiger partial charge in [-0.1, -0.05) is 13.8 Å². The molecule has 1 aliphatic carbocycles. The number of amides is 2. The lowest BCUT2D eigenvalue weighted by Crippen LogP contribution is -2.43. The van der Waals surface area contributed by atoms with Crippen LogP contribution in [0, 0.1) is 11.3 Å². The lowest BCUT2D eigenvalue weighted by Gasteiger charge is -2.10. The maximum Gasteiger partial charge on any atom is 0.239 e. The zero-order chi connectivity index (χ0) is 10.2. The lowest BCUT2D eigenvalue weighted by atomic mass is 10.1. The Balaban J connectivity index is 2.40. The highest BCUT2D eigenvalue weighted by atomic mass is 16.2.